The first-order valence-electron chi connectivity index (χ1n) is 9.46. The number of rotatable bonds is 7. The molecule has 0 saturated heterocycles. The lowest BCUT2D eigenvalue weighted by Gasteiger charge is -2.06. The van der Waals surface area contributed by atoms with Gasteiger partial charge < -0.3 is 0 Å². The fourth-order valence-electron chi connectivity index (χ4n) is 3.09. The lowest BCUT2D eigenvalue weighted by molar-refractivity contribution is 0.717. The highest BCUT2D eigenvalue weighted by Gasteiger charge is 2.04. The lowest BCUT2D eigenvalue weighted by atomic mass is 10.0. The van der Waals surface area contributed by atoms with Gasteiger partial charge in [0.1, 0.15) is 0 Å². The molecule has 0 unspecified atom stereocenters. The number of allylic oxidation sites excluding steroid dienone is 1. The van der Waals surface area contributed by atoms with Gasteiger partial charge >= 0.3 is 0 Å². The second-order valence-corrected chi connectivity index (χ2v) is 6.75. The zero-order valence-electron chi connectivity index (χ0n) is 15.8. The molecule has 27 heavy (non-hydrogen) atoms. The van der Waals surface area contributed by atoms with Crippen LogP contribution in [-0.2, 0) is 6.42 Å². The summed E-state index contributed by atoms with van der Waals surface area (Å²) in [5.74, 6) is 0. The summed E-state index contributed by atoms with van der Waals surface area (Å²) in [4.78, 5) is 4.62. The van der Waals surface area contributed by atoms with Crippen molar-refractivity contribution >= 4 is 5.57 Å². The molecule has 1 aromatic heterocycles. The molecule has 1 heterocycles. The number of benzene rings is 2. The van der Waals surface area contributed by atoms with Crippen LogP contribution >= 0.6 is 0 Å². The standard InChI is InChI=1S/C25H24N2/c1-3-4-5-6-20-7-9-22(10-8-20)24-15-16-25(27-18-24)23-13-11-21(12-14-23)19(2)17-26/h7-16,18H,2-6H2,1H3. The summed E-state index contributed by atoms with van der Waals surface area (Å²) >= 11 is 0. The number of aryl methyl sites for hydroxylation is 1. The summed E-state index contributed by atoms with van der Waals surface area (Å²) in [5.41, 5.74) is 6.98. The van der Waals surface area contributed by atoms with Crippen molar-refractivity contribution in [1.82, 2.24) is 4.98 Å². The fraction of sp³-hybridized carbons (Fsp3) is 0.200. The smallest absolute Gasteiger partial charge is 0.0991 e. The summed E-state index contributed by atoms with van der Waals surface area (Å²) in [6.07, 6.45) is 6.88. The molecule has 134 valence electrons. The summed E-state index contributed by atoms with van der Waals surface area (Å²) in [7, 11) is 0. The quantitative estimate of drug-likeness (QED) is 0.351. The van der Waals surface area contributed by atoms with Gasteiger partial charge in [-0.15, -0.1) is 0 Å². The van der Waals surface area contributed by atoms with Gasteiger partial charge in [0.25, 0.3) is 0 Å². The van der Waals surface area contributed by atoms with Gasteiger partial charge in [-0.2, -0.15) is 5.26 Å². The van der Waals surface area contributed by atoms with E-state index in [-0.39, 0.29) is 0 Å². The van der Waals surface area contributed by atoms with Crippen molar-refractivity contribution in [2.24, 2.45) is 0 Å². The van der Waals surface area contributed by atoms with E-state index in [0.29, 0.717) is 5.57 Å². The highest BCUT2D eigenvalue weighted by atomic mass is 14.7. The Kier molecular flexibility index (Phi) is 6.18. The molecule has 2 nitrogen and oxygen atoms in total. The van der Waals surface area contributed by atoms with E-state index in [1.54, 1.807) is 0 Å². The maximum atomic E-state index is 8.92. The summed E-state index contributed by atoms with van der Waals surface area (Å²) < 4.78 is 0. The third-order valence-corrected chi connectivity index (χ3v) is 4.78. The first-order chi connectivity index (χ1) is 13.2. The van der Waals surface area contributed by atoms with Crippen molar-refractivity contribution in [1.29, 1.82) is 5.26 Å². The van der Waals surface area contributed by atoms with Crippen LogP contribution < -0.4 is 0 Å². The second kappa shape index (κ2) is 8.96. The van der Waals surface area contributed by atoms with Gasteiger partial charge in [0.2, 0.25) is 0 Å². The largest absolute Gasteiger partial charge is 0.256 e. The van der Waals surface area contributed by atoms with Crippen LogP contribution in [0.1, 0.15) is 37.3 Å². The first-order valence-corrected chi connectivity index (χ1v) is 9.46. The maximum Gasteiger partial charge on any atom is 0.0991 e. The van der Waals surface area contributed by atoms with Gasteiger partial charge in [-0.1, -0.05) is 80.9 Å². The second-order valence-electron chi connectivity index (χ2n) is 6.75. The molecular weight excluding hydrogens is 328 g/mol. The molecule has 0 saturated carbocycles. The van der Waals surface area contributed by atoms with Gasteiger partial charge in [0, 0.05) is 17.3 Å². The van der Waals surface area contributed by atoms with Crippen LogP contribution in [0.3, 0.4) is 0 Å². The van der Waals surface area contributed by atoms with Crippen LogP contribution in [0, 0.1) is 11.3 Å². The molecule has 0 bridgehead atoms. The fourth-order valence-corrected chi connectivity index (χ4v) is 3.09. The molecule has 2 aromatic carbocycles. The highest BCUT2D eigenvalue weighted by molar-refractivity contribution is 5.76. The number of aromatic nitrogens is 1. The number of unbranched alkanes of at least 4 members (excludes halogenated alkanes) is 2. The third-order valence-electron chi connectivity index (χ3n) is 4.78. The minimum Gasteiger partial charge on any atom is -0.256 e. The number of nitrogens with zero attached hydrogens (tertiary/aromatic N) is 2. The van der Waals surface area contributed by atoms with Crippen molar-refractivity contribution in [3.05, 3.63) is 84.6 Å². The zero-order valence-corrected chi connectivity index (χ0v) is 15.8. The maximum absolute atomic E-state index is 8.92. The Morgan fingerprint density at radius 3 is 2.15 bits per heavy atom. The number of hydrogen-bond donors (Lipinski definition) is 0. The molecule has 0 radical (unpaired) electrons. The van der Waals surface area contributed by atoms with Crippen molar-refractivity contribution in [3.8, 4) is 28.5 Å². The Morgan fingerprint density at radius 1 is 0.889 bits per heavy atom. The monoisotopic (exact) mass is 352 g/mol. The molecule has 0 N–H and O–H groups in total. The molecule has 0 atom stereocenters. The average Bonchev–Trinajstić information content (AvgIpc) is 2.74. The van der Waals surface area contributed by atoms with Crippen LogP contribution in [-0.4, -0.2) is 4.98 Å². The molecule has 2 heteroatoms. The van der Waals surface area contributed by atoms with E-state index < -0.39 is 0 Å². The normalized spacial score (nSPS) is 10.4. The van der Waals surface area contributed by atoms with Gasteiger partial charge in [-0.25, -0.2) is 0 Å². The summed E-state index contributed by atoms with van der Waals surface area (Å²) in [5, 5.41) is 8.92. The molecule has 0 aliphatic heterocycles. The van der Waals surface area contributed by atoms with Gasteiger partial charge in [-0.05, 0) is 35.6 Å². The van der Waals surface area contributed by atoms with Crippen LogP contribution in [0.5, 0.6) is 0 Å². The topological polar surface area (TPSA) is 36.7 Å². The van der Waals surface area contributed by atoms with Crippen LogP contribution in [0.2, 0.25) is 0 Å². The van der Waals surface area contributed by atoms with E-state index in [2.05, 4.69) is 54.9 Å². The Morgan fingerprint density at radius 2 is 1.56 bits per heavy atom. The van der Waals surface area contributed by atoms with Crippen LogP contribution in [0.15, 0.2) is 73.4 Å². The number of hydrogen-bond acceptors (Lipinski definition) is 2. The third kappa shape index (κ3) is 4.71. The molecule has 0 amide bonds. The molecule has 0 aliphatic carbocycles. The number of nitriles is 1. The Bertz CT molecular complexity index is 928. The van der Waals surface area contributed by atoms with E-state index in [1.807, 2.05) is 36.5 Å². The van der Waals surface area contributed by atoms with Gasteiger partial charge in [-0.3, -0.25) is 4.98 Å². The van der Waals surface area contributed by atoms with Crippen molar-refractivity contribution in [2.75, 3.05) is 0 Å². The van der Waals surface area contributed by atoms with Crippen molar-refractivity contribution < 1.29 is 0 Å². The van der Waals surface area contributed by atoms with Gasteiger partial charge in [0.05, 0.1) is 17.3 Å². The minimum absolute atomic E-state index is 0.475. The minimum atomic E-state index is 0.475. The first kappa shape index (κ1) is 18.6. The van der Waals surface area contributed by atoms with E-state index in [1.165, 1.54) is 30.4 Å². The van der Waals surface area contributed by atoms with Crippen molar-refractivity contribution in [3.63, 3.8) is 0 Å². The van der Waals surface area contributed by atoms with Crippen LogP contribution in [0.4, 0.5) is 0 Å². The van der Waals surface area contributed by atoms with E-state index in [0.717, 1.165) is 28.8 Å². The Hall–Kier alpha value is -3.18. The zero-order chi connectivity index (χ0) is 19.1. The number of pyridine rings is 1. The predicted octanol–water partition coefficient (Wildman–Crippen LogP) is 6.69. The van der Waals surface area contributed by atoms with Gasteiger partial charge in [0.15, 0.2) is 0 Å². The molecular formula is C25H24N2. The van der Waals surface area contributed by atoms with Crippen LogP contribution in [0.25, 0.3) is 28.0 Å². The molecule has 3 rings (SSSR count). The summed E-state index contributed by atoms with van der Waals surface area (Å²) in [6, 6.07) is 22.8. The SMILES string of the molecule is C=C(C#N)c1ccc(-c2ccc(-c3ccc(CCCCC)cc3)cn2)cc1. The molecule has 0 aliphatic rings. The van der Waals surface area contributed by atoms with E-state index in [4.69, 9.17) is 5.26 Å². The predicted molar refractivity (Wildman–Crippen MR) is 113 cm³/mol. The molecule has 0 spiro atoms. The van der Waals surface area contributed by atoms with E-state index >= 15 is 0 Å². The Labute approximate surface area is 161 Å². The highest BCUT2D eigenvalue weighted by Crippen LogP contribution is 2.24. The Balaban J connectivity index is 1.71. The van der Waals surface area contributed by atoms with E-state index in [9.17, 15) is 0 Å². The molecule has 0 fully saturated rings. The lowest BCUT2D eigenvalue weighted by Crippen LogP contribution is -1.88. The molecule has 3 aromatic rings. The summed E-state index contributed by atoms with van der Waals surface area (Å²) in [6.45, 7) is 5.97. The van der Waals surface area contributed by atoms with Crippen molar-refractivity contribution in [2.45, 2.75) is 32.6 Å². The average molecular weight is 352 g/mol.